The fraction of sp³-hybridized carbons (Fsp3) is 0.208. The van der Waals surface area contributed by atoms with Gasteiger partial charge in [-0.25, -0.2) is 4.79 Å². The average Bonchev–Trinajstić information content (AvgIpc) is 2.76. The molecule has 0 bridgehead atoms. The number of ether oxygens (including phenoxy) is 1. The maximum atomic E-state index is 12.5. The molecular weight excluding hydrogens is 348 g/mol. The largest absolute Gasteiger partial charge is 0.497 e. The summed E-state index contributed by atoms with van der Waals surface area (Å²) in [4.78, 5) is 12.5. The Hall–Kier alpha value is -3.27. The lowest BCUT2D eigenvalue weighted by atomic mass is 9.99. The molecule has 144 valence electrons. The third-order valence-corrected chi connectivity index (χ3v) is 4.68. The van der Waals surface area contributed by atoms with Crippen LogP contribution in [0.1, 0.15) is 29.2 Å². The molecule has 0 fully saturated rings. The number of amides is 2. The lowest BCUT2D eigenvalue weighted by Gasteiger charge is -2.20. The van der Waals surface area contributed by atoms with E-state index in [-0.39, 0.29) is 12.1 Å². The number of methoxy groups -OCH3 is 1. The van der Waals surface area contributed by atoms with E-state index in [2.05, 4.69) is 22.8 Å². The van der Waals surface area contributed by atoms with E-state index in [0.717, 1.165) is 29.7 Å². The van der Waals surface area contributed by atoms with E-state index in [1.807, 2.05) is 72.8 Å². The smallest absolute Gasteiger partial charge is 0.315 e. The molecule has 0 saturated heterocycles. The second-order valence-corrected chi connectivity index (χ2v) is 6.66. The van der Waals surface area contributed by atoms with Gasteiger partial charge in [-0.3, -0.25) is 0 Å². The van der Waals surface area contributed by atoms with Crippen molar-refractivity contribution in [2.75, 3.05) is 7.11 Å². The summed E-state index contributed by atoms with van der Waals surface area (Å²) >= 11 is 0. The summed E-state index contributed by atoms with van der Waals surface area (Å²) in [5.41, 5.74) is 3.39. The van der Waals surface area contributed by atoms with Crippen LogP contribution in [0.3, 0.4) is 0 Å². The van der Waals surface area contributed by atoms with Crippen molar-refractivity contribution in [3.63, 3.8) is 0 Å². The fourth-order valence-corrected chi connectivity index (χ4v) is 3.10. The molecule has 0 aliphatic rings. The highest BCUT2D eigenvalue weighted by Gasteiger charge is 2.15. The van der Waals surface area contributed by atoms with E-state index in [0.29, 0.717) is 6.54 Å². The first-order valence-electron chi connectivity index (χ1n) is 9.51. The Labute approximate surface area is 166 Å². The number of nitrogens with one attached hydrogen (secondary N) is 2. The number of urea groups is 1. The van der Waals surface area contributed by atoms with Gasteiger partial charge in [-0.05, 0) is 41.7 Å². The van der Waals surface area contributed by atoms with Crippen molar-refractivity contribution < 1.29 is 9.53 Å². The maximum absolute atomic E-state index is 12.5. The molecule has 3 aromatic carbocycles. The van der Waals surface area contributed by atoms with Gasteiger partial charge in [0.15, 0.2) is 0 Å². The van der Waals surface area contributed by atoms with Crippen molar-refractivity contribution in [1.29, 1.82) is 0 Å². The van der Waals surface area contributed by atoms with Gasteiger partial charge in [-0.1, -0.05) is 72.8 Å². The van der Waals surface area contributed by atoms with Crippen molar-refractivity contribution in [2.45, 2.75) is 25.4 Å². The number of hydrogen-bond donors (Lipinski definition) is 2. The normalized spacial score (nSPS) is 11.5. The van der Waals surface area contributed by atoms with E-state index in [1.165, 1.54) is 5.56 Å². The molecule has 1 atom stereocenters. The van der Waals surface area contributed by atoms with Gasteiger partial charge in [0.1, 0.15) is 5.75 Å². The van der Waals surface area contributed by atoms with Gasteiger partial charge in [0.2, 0.25) is 0 Å². The Bertz CT molecular complexity index is 849. The van der Waals surface area contributed by atoms with Crippen molar-refractivity contribution >= 4 is 6.03 Å². The lowest BCUT2D eigenvalue weighted by molar-refractivity contribution is 0.236. The van der Waals surface area contributed by atoms with E-state index in [9.17, 15) is 4.79 Å². The summed E-state index contributed by atoms with van der Waals surface area (Å²) in [6, 6.07) is 27.8. The fourth-order valence-electron chi connectivity index (χ4n) is 3.10. The highest BCUT2D eigenvalue weighted by molar-refractivity contribution is 5.74. The molecule has 3 aromatic rings. The van der Waals surface area contributed by atoms with E-state index in [4.69, 9.17) is 4.74 Å². The minimum Gasteiger partial charge on any atom is -0.497 e. The number of benzene rings is 3. The van der Waals surface area contributed by atoms with Gasteiger partial charge in [-0.15, -0.1) is 0 Å². The summed E-state index contributed by atoms with van der Waals surface area (Å²) in [6.07, 6.45) is 1.70. The monoisotopic (exact) mass is 374 g/mol. The van der Waals surface area contributed by atoms with Gasteiger partial charge >= 0.3 is 6.03 Å². The predicted molar refractivity (Wildman–Crippen MR) is 112 cm³/mol. The summed E-state index contributed by atoms with van der Waals surface area (Å²) in [5, 5.41) is 6.07. The SMILES string of the molecule is COc1ccc(C(CCc2ccccc2)NC(=O)NCc2ccccc2)cc1. The summed E-state index contributed by atoms with van der Waals surface area (Å²) in [7, 11) is 1.65. The van der Waals surface area contributed by atoms with Crippen molar-refractivity contribution in [1.82, 2.24) is 10.6 Å². The number of aryl methyl sites for hydroxylation is 1. The average molecular weight is 374 g/mol. The van der Waals surface area contributed by atoms with Gasteiger partial charge in [0.25, 0.3) is 0 Å². The van der Waals surface area contributed by atoms with Crippen LogP contribution < -0.4 is 15.4 Å². The quantitative estimate of drug-likeness (QED) is 0.591. The Morgan fingerprint density at radius 3 is 2.07 bits per heavy atom. The molecule has 2 amide bonds. The van der Waals surface area contributed by atoms with E-state index in [1.54, 1.807) is 7.11 Å². The molecule has 0 aliphatic carbocycles. The first-order chi connectivity index (χ1) is 13.7. The van der Waals surface area contributed by atoms with Crippen molar-refractivity contribution in [2.24, 2.45) is 0 Å². The molecular formula is C24H26N2O2. The number of hydrogen-bond acceptors (Lipinski definition) is 2. The first kappa shape index (κ1) is 19.5. The molecule has 1 unspecified atom stereocenters. The predicted octanol–water partition coefficient (Wildman–Crippen LogP) is 4.87. The Balaban J connectivity index is 1.64. The van der Waals surface area contributed by atoms with E-state index >= 15 is 0 Å². The van der Waals surface area contributed by atoms with Crippen LogP contribution in [-0.2, 0) is 13.0 Å². The van der Waals surface area contributed by atoms with Crippen LogP contribution in [0.15, 0.2) is 84.9 Å². The van der Waals surface area contributed by atoms with Crippen molar-refractivity contribution in [3.8, 4) is 5.75 Å². The molecule has 0 heterocycles. The minimum atomic E-state index is -0.169. The zero-order chi connectivity index (χ0) is 19.6. The Kier molecular flexibility index (Phi) is 7.08. The third kappa shape index (κ3) is 5.88. The highest BCUT2D eigenvalue weighted by atomic mass is 16.5. The second kappa shape index (κ2) is 10.2. The molecule has 4 heteroatoms. The first-order valence-corrected chi connectivity index (χ1v) is 9.51. The molecule has 0 aliphatic heterocycles. The van der Waals surface area contributed by atoms with Gasteiger partial charge in [0.05, 0.1) is 13.2 Å². The van der Waals surface area contributed by atoms with Crippen LogP contribution in [-0.4, -0.2) is 13.1 Å². The number of carbonyl (C=O) groups excluding carboxylic acids is 1. The summed E-state index contributed by atoms with van der Waals surface area (Å²) in [6.45, 7) is 0.501. The van der Waals surface area contributed by atoms with Crippen LogP contribution >= 0.6 is 0 Å². The molecule has 0 aromatic heterocycles. The topological polar surface area (TPSA) is 50.4 Å². The van der Waals surface area contributed by atoms with Gasteiger partial charge < -0.3 is 15.4 Å². The zero-order valence-electron chi connectivity index (χ0n) is 16.1. The molecule has 2 N–H and O–H groups in total. The molecule has 4 nitrogen and oxygen atoms in total. The molecule has 0 saturated carbocycles. The molecule has 3 rings (SSSR count). The number of rotatable bonds is 8. The highest BCUT2D eigenvalue weighted by Crippen LogP contribution is 2.22. The summed E-state index contributed by atoms with van der Waals surface area (Å²) < 4.78 is 5.25. The molecule has 0 spiro atoms. The summed E-state index contributed by atoms with van der Waals surface area (Å²) in [5.74, 6) is 0.805. The maximum Gasteiger partial charge on any atom is 0.315 e. The number of carbonyl (C=O) groups is 1. The van der Waals surface area contributed by atoms with Crippen LogP contribution in [0.25, 0.3) is 0 Å². The Morgan fingerprint density at radius 2 is 1.46 bits per heavy atom. The standard InChI is InChI=1S/C24H26N2O2/c1-28-22-15-13-21(14-16-22)23(17-12-19-8-4-2-5-9-19)26-24(27)25-18-20-10-6-3-7-11-20/h2-11,13-16,23H,12,17-18H2,1H3,(H2,25,26,27). The van der Waals surface area contributed by atoms with Crippen LogP contribution in [0.5, 0.6) is 5.75 Å². The minimum absolute atomic E-state index is 0.0816. The van der Waals surface area contributed by atoms with Crippen LogP contribution in [0.2, 0.25) is 0 Å². The van der Waals surface area contributed by atoms with Crippen LogP contribution in [0.4, 0.5) is 4.79 Å². The molecule has 28 heavy (non-hydrogen) atoms. The zero-order valence-corrected chi connectivity index (χ0v) is 16.1. The van der Waals surface area contributed by atoms with Crippen LogP contribution in [0, 0.1) is 0 Å². The van der Waals surface area contributed by atoms with Gasteiger partial charge in [0, 0.05) is 6.54 Å². The molecule has 0 radical (unpaired) electrons. The van der Waals surface area contributed by atoms with Gasteiger partial charge in [-0.2, -0.15) is 0 Å². The van der Waals surface area contributed by atoms with E-state index < -0.39 is 0 Å². The van der Waals surface area contributed by atoms with Crippen molar-refractivity contribution in [3.05, 3.63) is 102 Å². The lowest BCUT2D eigenvalue weighted by Crippen LogP contribution is -2.37. The third-order valence-electron chi connectivity index (χ3n) is 4.68. The Morgan fingerprint density at radius 1 is 0.857 bits per heavy atom. The second-order valence-electron chi connectivity index (χ2n) is 6.66.